The number of nitrogens with one attached hydrogen (secondary N) is 1. The molecule has 0 fully saturated rings. The molecule has 1 heterocycles. The van der Waals surface area contributed by atoms with E-state index < -0.39 is 17.8 Å². The van der Waals surface area contributed by atoms with E-state index in [0.717, 1.165) is 5.56 Å². The number of benzene rings is 1. The first kappa shape index (κ1) is 23.5. The standard InChI is InChI=1S/C25H33NO4/c1-8-14-29-23(27)20-16(3)26-17(4)21(24(28)30-15-9-2)22(20)18-10-12-19(13-11-18)25(5,6)7/h8-13,16,20,22,26H,1-2,14-15H2,3-7H3. The van der Waals surface area contributed by atoms with Crippen molar-refractivity contribution in [3.8, 4) is 0 Å². The summed E-state index contributed by atoms with van der Waals surface area (Å²) in [5, 5.41) is 3.26. The largest absolute Gasteiger partial charge is 0.461 e. The SMILES string of the molecule is C=CCOC(=O)C1=C(C)NC(C)C(C(=O)OCC=C)C1c1ccc(C(C)(C)C)cc1. The number of hydrogen-bond acceptors (Lipinski definition) is 5. The first-order valence-corrected chi connectivity index (χ1v) is 10.2. The Morgan fingerprint density at radius 2 is 1.63 bits per heavy atom. The normalized spacial score (nSPS) is 21.4. The van der Waals surface area contributed by atoms with Crippen molar-refractivity contribution >= 4 is 11.9 Å². The lowest BCUT2D eigenvalue weighted by Crippen LogP contribution is -2.47. The summed E-state index contributed by atoms with van der Waals surface area (Å²) < 4.78 is 10.7. The van der Waals surface area contributed by atoms with Crippen molar-refractivity contribution in [1.82, 2.24) is 5.32 Å². The smallest absolute Gasteiger partial charge is 0.336 e. The number of esters is 2. The van der Waals surface area contributed by atoms with Crippen LogP contribution < -0.4 is 5.32 Å². The number of hydrogen-bond donors (Lipinski definition) is 1. The van der Waals surface area contributed by atoms with Gasteiger partial charge in [0.05, 0.1) is 11.5 Å². The van der Waals surface area contributed by atoms with Crippen molar-refractivity contribution < 1.29 is 19.1 Å². The predicted molar refractivity (Wildman–Crippen MR) is 119 cm³/mol. The zero-order valence-electron chi connectivity index (χ0n) is 18.7. The highest BCUT2D eigenvalue weighted by atomic mass is 16.5. The average Bonchev–Trinajstić information content (AvgIpc) is 2.69. The van der Waals surface area contributed by atoms with Crippen LogP contribution >= 0.6 is 0 Å². The number of carbonyl (C=O) groups excluding carboxylic acids is 2. The van der Waals surface area contributed by atoms with E-state index in [1.807, 2.05) is 26.0 Å². The highest BCUT2D eigenvalue weighted by Gasteiger charge is 2.44. The third-order valence-electron chi connectivity index (χ3n) is 5.36. The summed E-state index contributed by atoms with van der Waals surface area (Å²) >= 11 is 0. The van der Waals surface area contributed by atoms with Gasteiger partial charge in [-0.15, -0.1) is 0 Å². The molecule has 2 rings (SSSR count). The van der Waals surface area contributed by atoms with Gasteiger partial charge in [-0.2, -0.15) is 0 Å². The number of carbonyl (C=O) groups is 2. The molecule has 162 valence electrons. The number of rotatable bonds is 7. The van der Waals surface area contributed by atoms with Crippen LogP contribution in [0.3, 0.4) is 0 Å². The molecule has 1 N–H and O–H groups in total. The van der Waals surface area contributed by atoms with Gasteiger partial charge >= 0.3 is 11.9 Å². The third-order valence-corrected chi connectivity index (χ3v) is 5.36. The average molecular weight is 412 g/mol. The van der Waals surface area contributed by atoms with Crippen LogP contribution in [0, 0.1) is 5.92 Å². The zero-order chi connectivity index (χ0) is 22.5. The second-order valence-electron chi connectivity index (χ2n) is 8.65. The minimum absolute atomic E-state index is 0.000286. The summed E-state index contributed by atoms with van der Waals surface area (Å²) in [6.07, 6.45) is 3.06. The van der Waals surface area contributed by atoms with E-state index in [0.29, 0.717) is 11.3 Å². The lowest BCUT2D eigenvalue weighted by Gasteiger charge is -2.38. The van der Waals surface area contributed by atoms with E-state index in [4.69, 9.17) is 9.47 Å². The second kappa shape index (κ2) is 9.79. The summed E-state index contributed by atoms with van der Waals surface area (Å²) in [4.78, 5) is 25.9. The van der Waals surface area contributed by atoms with Gasteiger partial charge in [-0.25, -0.2) is 4.79 Å². The maximum atomic E-state index is 13.0. The Bertz CT molecular complexity index is 830. The second-order valence-corrected chi connectivity index (χ2v) is 8.65. The first-order chi connectivity index (χ1) is 14.1. The lowest BCUT2D eigenvalue weighted by atomic mass is 9.73. The van der Waals surface area contributed by atoms with E-state index >= 15 is 0 Å². The van der Waals surface area contributed by atoms with Gasteiger partial charge < -0.3 is 14.8 Å². The van der Waals surface area contributed by atoms with Crippen molar-refractivity contribution in [3.63, 3.8) is 0 Å². The molecule has 5 heteroatoms. The summed E-state index contributed by atoms with van der Waals surface area (Å²) in [5.74, 6) is -1.90. The van der Waals surface area contributed by atoms with E-state index in [1.165, 1.54) is 17.7 Å². The van der Waals surface area contributed by atoms with Crippen LogP contribution in [-0.4, -0.2) is 31.2 Å². The van der Waals surface area contributed by atoms with Gasteiger partial charge in [-0.1, -0.05) is 70.3 Å². The molecular formula is C25H33NO4. The van der Waals surface area contributed by atoms with E-state index in [1.54, 1.807) is 0 Å². The highest BCUT2D eigenvalue weighted by Crippen LogP contribution is 2.41. The minimum Gasteiger partial charge on any atom is -0.461 e. The molecule has 3 atom stereocenters. The van der Waals surface area contributed by atoms with E-state index in [9.17, 15) is 9.59 Å². The zero-order valence-corrected chi connectivity index (χ0v) is 18.7. The van der Waals surface area contributed by atoms with E-state index in [2.05, 4.69) is 51.4 Å². The fraction of sp³-hybridized carbons (Fsp3) is 0.440. The lowest BCUT2D eigenvalue weighted by molar-refractivity contribution is -0.149. The molecule has 0 spiro atoms. The van der Waals surface area contributed by atoms with Crippen molar-refractivity contribution in [3.05, 3.63) is 72.0 Å². The topological polar surface area (TPSA) is 64.6 Å². The Morgan fingerprint density at radius 3 is 2.17 bits per heavy atom. The first-order valence-electron chi connectivity index (χ1n) is 10.2. The molecule has 1 aliphatic heterocycles. The molecule has 5 nitrogen and oxygen atoms in total. The van der Waals surface area contributed by atoms with Gasteiger partial charge in [0.15, 0.2) is 0 Å². The van der Waals surface area contributed by atoms with Crippen LogP contribution in [0.2, 0.25) is 0 Å². The van der Waals surface area contributed by atoms with Crippen LogP contribution in [0.15, 0.2) is 60.8 Å². The predicted octanol–water partition coefficient (Wildman–Crippen LogP) is 4.41. The van der Waals surface area contributed by atoms with Gasteiger partial charge in [0, 0.05) is 17.7 Å². The molecular weight excluding hydrogens is 378 g/mol. The van der Waals surface area contributed by atoms with Crippen LogP contribution in [0.25, 0.3) is 0 Å². The quantitative estimate of drug-likeness (QED) is 0.532. The summed E-state index contributed by atoms with van der Waals surface area (Å²) in [6.45, 7) is 17.6. The Morgan fingerprint density at radius 1 is 1.07 bits per heavy atom. The molecule has 0 aromatic heterocycles. The molecule has 1 aliphatic rings. The molecule has 0 bridgehead atoms. The van der Waals surface area contributed by atoms with E-state index in [-0.39, 0.29) is 30.6 Å². The van der Waals surface area contributed by atoms with Crippen LogP contribution in [0.1, 0.15) is 51.7 Å². The van der Waals surface area contributed by atoms with Crippen molar-refractivity contribution in [2.45, 2.75) is 52.0 Å². The van der Waals surface area contributed by atoms with Crippen LogP contribution in [-0.2, 0) is 24.5 Å². The summed E-state index contributed by atoms with van der Waals surface area (Å²) in [5.41, 5.74) is 3.20. The molecule has 1 aromatic carbocycles. The number of ether oxygens (including phenoxy) is 2. The van der Waals surface area contributed by atoms with Gasteiger partial charge in [0.1, 0.15) is 13.2 Å². The summed E-state index contributed by atoms with van der Waals surface area (Å²) in [7, 11) is 0. The van der Waals surface area contributed by atoms with Crippen molar-refractivity contribution in [2.75, 3.05) is 13.2 Å². The molecule has 0 aliphatic carbocycles. The fourth-order valence-corrected chi connectivity index (χ4v) is 3.84. The molecule has 0 amide bonds. The highest BCUT2D eigenvalue weighted by molar-refractivity contribution is 5.93. The Labute approximate surface area is 179 Å². The van der Waals surface area contributed by atoms with Gasteiger partial charge in [-0.3, -0.25) is 4.79 Å². The third kappa shape index (κ3) is 5.21. The molecule has 3 unspecified atom stereocenters. The minimum atomic E-state index is -0.583. The Balaban J connectivity index is 2.56. The maximum Gasteiger partial charge on any atom is 0.336 e. The molecule has 0 saturated heterocycles. The monoisotopic (exact) mass is 411 g/mol. The van der Waals surface area contributed by atoms with Gasteiger partial charge in [-0.05, 0) is 30.4 Å². The van der Waals surface area contributed by atoms with Crippen LogP contribution in [0.4, 0.5) is 0 Å². The Kier molecular flexibility index (Phi) is 7.65. The van der Waals surface area contributed by atoms with Gasteiger partial charge in [0.25, 0.3) is 0 Å². The molecule has 0 saturated carbocycles. The Hall–Kier alpha value is -2.82. The van der Waals surface area contributed by atoms with Crippen LogP contribution in [0.5, 0.6) is 0 Å². The molecule has 1 aromatic rings. The maximum absolute atomic E-state index is 13.0. The van der Waals surface area contributed by atoms with Crippen molar-refractivity contribution in [2.24, 2.45) is 5.92 Å². The molecule has 0 radical (unpaired) electrons. The van der Waals surface area contributed by atoms with Crippen molar-refractivity contribution in [1.29, 1.82) is 0 Å². The number of allylic oxidation sites excluding steroid dienone is 1. The molecule has 30 heavy (non-hydrogen) atoms. The fourth-order valence-electron chi connectivity index (χ4n) is 3.84. The summed E-state index contributed by atoms with van der Waals surface area (Å²) in [6, 6.07) is 7.87. The van der Waals surface area contributed by atoms with Gasteiger partial charge in [0.2, 0.25) is 0 Å².